The van der Waals surface area contributed by atoms with Gasteiger partial charge in [-0.3, -0.25) is 5.10 Å². The second-order valence-corrected chi connectivity index (χ2v) is 6.53. The number of H-pyrrole nitrogens is 1. The molecule has 1 heterocycles. The van der Waals surface area contributed by atoms with Crippen LogP contribution in [-0.2, 0) is 5.41 Å². The minimum Gasteiger partial charge on any atom is -0.277 e. The lowest BCUT2D eigenvalue weighted by Gasteiger charge is -2.18. The van der Waals surface area contributed by atoms with Crippen molar-refractivity contribution in [1.82, 2.24) is 10.2 Å². The quantitative estimate of drug-likeness (QED) is 0.655. The number of aromatic nitrogens is 2. The third-order valence-electron chi connectivity index (χ3n) is 3.55. The summed E-state index contributed by atoms with van der Waals surface area (Å²) in [7, 11) is 0. The molecular formula is C17H17ClN2. The van der Waals surface area contributed by atoms with Gasteiger partial charge in [-0.05, 0) is 29.2 Å². The van der Waals surface area contributed by atoms with Gasteiger partial charge in [0.15, 0.2) is 0 Å². The van der Waals surface area contributed by atoms with Gasteiger partial charge in [-0.2, -0.15) is 5.10 Å². The molecule has 0 spiro atoms. The van der Waals surface area contributed by atoms with E-state index in [0.29, 0.717) is 0 Å². The van der Waals surface area contributed by atoms with Gasteiger partial charge in [0.05, 0.1) is 11.2 Å². The van der Waals surface area contributed by atoms with Gasteiger partial charge >= 0.3 is 0 Å². The molecule has 0 amide bonds. The molecule has 20 heavy (non-hydrogen) atoms. The van der Waals surface area contributed by atoms with Gasteiger partial charge in [-0.1, -0.05) is 56.6 Å². The molecule has 1 N–H and O–H groups in total. The minimum absolute atomic E-state index is 0.162. The average Bonchev–Trinajstić information content (AvgIpc) is 2.81. The van der Waals surface area contributed by atoms with E-state index in [1.54, 1.807) is 0 Å². The van der Waals surface area contributed by atoms with Crippen molar-refractivity contribution in [3.63, 3.8) is 0 Å². The molecule has 0 fully saturated rings. The van der Waals surface area contributed by atoms with Crippen LogP contribution in [-0.4, -0.2) is 10.2 Å². The van der Waals surface area contributed by atoms with E-state index in [-0.39, 0.29) is 5.41 Å². The highest BCUT2D eigenvalue weighted by Gasteiger charge is 2.14. The van der Waals surface area contributed by atoms with E-state index in [2.05, 4.69) is 55.2 Å². The summed E-state index contributed by atoms with van der Waals surface area (Å²) in [6, 6.07) is 14.4. The Kier molecular flexibility index (Phi) is 3.06. The molecule has 0 saturated heterocycles. The van der Waals surface area contributed by atoms with Gasteiger partial charge < -0.3 is 0 Å². The zero-order valence-electron chi connectivity index (χ0n) is 11.9. The van der Waals surface area contributed by atoms with E-state index >= 15 is 0 Å². The first kappa shape index (κ1) is 13.2. The number of fused-ring (bicyclic) bond motifs is 1. The Morgan fingerprint density at radius 3 is 2.35 bits per heavy atom. The highest BCUT2D eigenvalue weighted by molar-refractivity contribution is 6.31. The van der Waals surface area contributed by atoms with Crippen molar-refractivity contribution in [1.29, 1.82) is 0 Å². The SMILES string of the molecule is CC(C)(C)c1ccc(-c2n[nH]c3ccc(Cl)cc23)cc1. The molecule has 3 rings (SSSR count). The number of benzene rings is 2. The smallest absolute Gasteiger partial charge is 0.0999 e. The predicted molar refractivity (Wildman–Crippen MR) is 85.2 cm³/mol. The molecule has 0 aliphatic heterocycles. The Labute approximate surface area is 123 Å². The Bertz CT molecular complexity index is 749. The topological polar surface area (TPSA) is 28.7 Å². The van der Waals surface area contributed by atoms with Crippen LogP contribution >= 0.6 is 11.6 Å². The molecule has 3 heteroatoms. The Morgan fingerprint density at radius 2 is 1.70 bits per heavy atom. The van der Waals surface area contributed by atoms with Crippen molar-refractivity contribution in [2.24, 2.45) is 0 Å². The highest BCUT2D eigenvalue weighted by atomic mass is 35.5. The first-order chi connectivity index (χ1) is 9.45. The van der Waals surface area contributed by atoms with Crippen LogP contribution in [0.4, 0.5) is 0 Å². The van der Waals surface area contributed by atoms with Crippen LogP contribution in [0.25, 0.3) is 22.2 Å². The zero-order chi connectivity index (χ0) is 14.3. The summed E-state index contributed by atoms with van der Waals surface area (Å²) in [5.74, 6) is 0. The monoisotopic (exact) mass is 284 g/mol. The molecule has 0 atom stereocenters. The molecule has 0 radical (unpaired) electrons. The summed E-state index contributed by atoms with van der Waals surface area (Å²) < 4.78 is 0. The summed E-state index contributed by atoms with van der Waals surface area (Å²) in [5, 5.41) is 9.25. The van der Waals surface area contributed by atoms with E-state index in [1.807, 2.05) is 18.2 Å². The van der Waals surface area contributed by atoms with Crippen LogP contribution < -0.4 is 0 Å². The fourth-order valence-corrected chi connectivity index (χ4v) is 2.51. The van der Waals surface area contributed by atoms with Crippen molar-refractivity contribution < 1.29 is 0 Å². The number of hydrogen-bond donors (Lipinski definition) is 1. The second kappa shape index (κ2) is 4.64. The first-order valence-corrected chi connectivity index (χ1v) is 7.07. The van der Waals surface area contributed by atoms with Crippen molar-refractivity contribution in [3.05, 3.63) is 53.1 Å². The predicted octanol–water partition coefficient (Wildman–Crippen LogP) is 5.18. The molecular weight excluding hydrogens is 268 g/mol. The summed E-state index contributed by atoms with van der Waals surface area (Å²) in [4.78, 5) is 0. The number of hydrogen-bond acceptors (Lipinski definition) is 1. The van der Waals surface area contributed by atoms with Gasteiger partial charge in [-0.25, -0.2) is 0 Å². The van der Waals surface area contributed by atoms with Crippen LogP contribution in [0.15, 0.2) is 42.5 Å². The summed E-state index contributed by atoms with van der Waals surface area (Å²) in [5.41, 5.74) is 4.54. The summed E-state index contributed by atoms with van der Waals surface area (Å²) >= 11 is 6.08. The van der Waals surface area contributed by atoms with Crippen LogP contribution in [0, 0.1) is 0 Å². The number of halogens is 1. The maximum absolute atomic E-state index is 6.08. The number of aromatic amines is 1. The molecule has 3 aromatic rings. The van der Waals surface area contributed by atoms with Crippen LogP contribution in [0.3, 0.4) is 0 Å². The fraction of sp³-hybridized carbons (Fsp3) is 0.235. The average molecular weight is 285 g/mol. The molecule has 0 unspecified atom stereocenters. The third-order valence-corrected chi connectivity index (χ3v) is 3.78. The minimum atomic E-state index is 0.162. The standard InChI is InChI=1S/C17H17ClN2/c1-17(2,3)12-6-4-11(5-7-12)16-14-10-13(18)8-9-15(14)19-20-16/h4-10H,1-3H3,(H,19,20). The number of nitrogens with one attached hydrogen (secondary N) is 1. The second-order valence-electron chi connectivity index (χ2n) is 6.09. The van der Waals surface area contributed by atoms with Crippen LogP contribution in [0.2, 0.25) is 5.02 Å². The van der Waals surface area contributed by atoms with E-state index < -0.39 is 0 Å². The lowest BCUT2D eigenvalue weighted by Crippen LogP contribution is -2.10. The van der Waals surface area contributed by atoms with E-state index in [1.165, 1.54) is 5.56 Å². The molecule has 0 bridgehead atoms. The normalized spacial score (nSPS) is 12.0. The number of nitrogens with zero attached hydrogens (tertiary/aromatic N) is 1. The third kappa shape index (κ3) is 2.32. The maximum atomic E-state index is 6.08. The zero-order valence-corrected chi connectivity index (χ0v) is 12.6. The lowest BCUT2D eigenvalue weighted by molar-refractivity contribution is 0.590. The molecule has 2 aromatic carbocycles. The van der Waals surface area contributed by atoms with Gasteiger partial charge in [0.1, 0.15) is 0 Å². The van der Waals surface area contributed by atoms with E-state index in [4.69, 9.17) is 11.6 Å². The summed E-state index contributed by atoms with van der Waals surface area (Å²) in [6.45, 7) is 6.64. The number of rotatable bonds is 1. The van der Waals surface area contributed by atoms with Crippen molar-refractivity contribution in [2.75, 3.05) is 0 Å². The van der Waals surface area contributed by atoms with Crippen molar-refractivity contribution in [3.8, 4) is 11.3 Å². The van der Waals surface area contributed by atoms with Gasteiger partial charge in [0.25, 0.3) is 0 Å². The maximum Gasteiger partial charge on any atom is 0.0999 e. The largest absolute Gasteiger partial charge is 0.277 e. The van der Waals surface area contributed by atoms with Crippen LogP contribution in [0.5, 0.6) is 0 Å². The fourth-order valence-electron chi connectivity index (χ4n) is 2.33. The Balaban J connectivity index is 2.09. The molecule has 0 aliphatic carbocycles. The van der Waals surface area contributed by atoms with E-state index in [9.17, 15) is 0 Å². The Morgan fingerprint density at radius 1 is 1.00 bits per heavy atom. The van der Waals surface area contributed by atoms with Crippen molar-refractivity contribution >= 4 is 22.5 Å². The lowest BCUT2D eigenvalue weighted by atomic mass is 9.86. The Hall–Kier alpha value is -1.80. The first-order valence-electron chi connectivity index (χ1n) is 6.70. The van der Waals surface area contributed by atoms with Crippen LogP contribution in [0.1, 0.15) is 26.3 Å². The summed E-state index contributed by atoms with van der Waals surface area (Å²) in [6.07, 6.45) is 0. The molecule has 0 aliphatic rings. The van der Waals surface area contributed by atoms with Gasteiger partial charge in [-0.15, -0.1) is 0 Å². The van der Waals surface area contributed by atoms with Gasteiger partial charge in [0, 0.05) is 16.0 Å². The van der Waals surface area contributed by atoms with E-state index in [0.717, 1.165) is 27.2 Å². The highest BCUT2D eigenvalue weighted by Crippen LogP contribution is 2.30. The van der Waals surface area contributed by atoms with Gasteiger partial charge in [0.2, 0.25) is 0 Å². The molecule has 0 saturated carbocycles. The molecule has 1 aromatic heterocycles. The molecule has 2 nitrogen and oxygen atoms in total. The molecule has 102 valence electrons. The van der Waals surface area contributed by atoms with Crippen molar-refractivity contribution in [2.45, 2.75) is 26.2 Å².